The highest BCUT2D eigenvalue weighted by atomic mass is 35.5. The fraction of sp³-hybridized carbons (Fsp3) is 0.250. The lowest BCUT2D eigenvalue weighted by molar-refractivity contribution is 1.71. The van der Waals surface area contributed by atoms with E-state index in [1.54, 1.807) is 0 Å². The lowest BCUT2D eigenvalue weighted by atomic mass is 10.7. The van der Waals surface area contributed by atoms with Crippen LogP contribution in [0.15, 0.2) is 9.52 Å². The zero-order chi connectivity index (χ0) is 8.15. The van der Waals surface area contributed by atoms with Crippen molar-refractivity contribution in [1.82, 2.24) is 0 Å². The second-order valence-corrected chi connectivity index (χ2v) is 4.39. The van der Waals surface area contributed by atoms with Crippen LogP contribution in [0.3, 0.4) is 0 Å². The summed E-state index contributed by atoms with van der Waals surface area (Å²) in [6.07, 6.45) is 0. The molecule has 0 heterocycles. The molecule has 1 nitrogen and oxygen atoms in total. The van der Waals surface area contributed by atoms with Crippen molar-refractivity contribution in [2.75, 3.05) is 5.75 Å². The first kappa shape index (κ1) is 10.8. The van der Waals surface area contributed by atoms with Crippen LogP contribution in [0, 0.1) is 0 Å². The summed E-state index contributed by atoms with van der Waals surface area (Å²) in [5, 5.41) is 0.362. The maximum atomic E-state index is 5.54. The molecule has 0 aromatic rings. The molecule has 0 amide bonds. The number of hydrogen-bond donors (Lipinski definition) is 1. The van der Waals surface area contributed by atoms with Crippen LogP contribution in [0.2, 0.25) is 0 Å². The SMILES string of the molecule is NC(=S)SCC(Cl)=C(Cl)Cl. The maximum Gasteiger partial charge on any atom is 0.131 e. The number of hydrogen-bond acceptors (Lipinski definition) is 2. The molecule has 0 aliphatic rings. The van der Waals surface area contributed by atoms with E-state index in [9.17, 15) is 0 Å². The minimum Gasteiger partial charge on any atom is -0.385 e. The Hall–Kier alpha value is 0.850. The van der Waals surface area contributed by atoms with Gasteiger partial charge in [0.25, 0.3) is 0 Å². The molecule has 10 heavy (non-hydrogen) atoms. The van der Waals surface area contributed by atoms with Gasteiger partial charge in [-0.1, -0.05) is 58.8 Å². The summed E-state index contributed by atoms with van der Waals surface area (Å²) in [4.78, 5) is 0. The van der Waals surface area contributed by atoms with Crippen molar-refractivity contribution >= 4 is 63.1 Å². The van der Waals surface area contributed by atoms with Gasteiger partial charge in [-0.05, 0) is 0 Å². The monoisotopic (exact) mass is 235 g/mol. The Kier molecular flexibility index (Phi) is 5.96. The number of halogens is 3. The first-order chi connectivity index (χ1) is 4.54. The molecule has 58 valence electrons. The average molecular weight is 237 g/mol. The van der Waals surface area contributed by atoms with Crippen molar-refractivity contribution in [2.24, 2.45) is 5.73 Å². The van der Waals surface area contributed by atoms with Gasteiger partial charge in [0.1, 0.15) is 8.81 Å². The van der Waals surface area contributed by atoms with Gasteiger partial charge in [0, 0.05) is 5.75 Å². The molecule has 0 fully saturated rings. The van der Waals surface area contributed by atoms with Gasteiger partial charge < -0.3 is 5.73 Å². The first-order valence-corrected chi connectivity index (χ1v) is 4.68. The summed E-state index contributed by atoms with van der Waals surface area (Å²) in [7, 11) is 0. The van der Waals surface area contributed by atoms with Crippen LogP contribution < -0.4 is 5.73 Å². The number of rotatable bonds is 2. The van der Waals surface area contributed by atoms with E-state index in [-0.39, 0.29) is 4.49 Å². The minimum atomic E-state index is 0.0606. The van der Waals surface area contributed by atoms with Crippen molar-refractivity contribution in [3.05, 3.63) is 9.52 Å². The second kappa shape index (κ2) is 5.49. The van der Waals surface area contributed by atoms with Crippen LogP contribution >= 0.6 is 58.8 Å². The molecule has 0 aliphatic carbocycles. The van der Waals surface area contributed by atoms with Crippen LogP contribution in [-0.2, 0) is 0 Å². The molecule has 0 atom stereocenters. The zero-order valence-corrected chi connectivity index (χ0v) is 8.64. The summed E-state index contributed by atoms with van der Waals surface area (Å²) in [5.41, 5.74) is 5.17. The Labute approximate surface area is 83.9 Å². The van der Waals surface area contributed by atoms with Crippen molar-refractivity contribution in [2.45, 2.75) is 0 Å². The Morgan fingerprint density at radius 3 is 2.20 bits per heavy atom. The van der Waals surface area contributed by atoms with Crippen molar-refractivity contribution in [3.63, 3.8) is 0 Å². The summed E-state index contributed by atoms with van der Waals surface area (Å²) in [6.45, 7) is 0. The molecule has 0 aromatic heterocycles. The molecule has 0 spiro atoms. The highest BCUT2D eigenvalue weighted by Crippen LogP contribution is 2.21. The molecule has 0 rings (SSSR count). The predicted molar refractivity (Wildman–Crippen MR) is 53.8 cm³/mol. The van der Waals surface area contributed by atoms with E-state index in [2.05, 4.69) is 12.2 Å². The number of thioether (sulfide) groups is 1. The van der Waals surface area contributed by atoms with Gasteiger partial charge in [-0.2, -0.15) is 0 Å². The minimum absolute atomic E-state index is 0.0606. The summed E-state index contributed by atoms with van der Waals surface area (Å²) < 4.78 is 0.387. The largest absolute Gasteiger partial charge is 0.385 e. The Morgan fingerprint density at radius 1 is 1.40 bits per heavy atom. The molecule has 0 unspecified atom stereocenters. The fourth-order valence-corrected chi connectivity index (χ4v) is 1.23. The average Bonchev–Trinajstić information content (AvgIpc) is 1.82. The van der Waals surface area contributed by atoms with E-state index in [1.807, 2.05) is 0 Å². The zero-order valence-electron chi connectivity index (χ0n) is 4.73. The van der Waals surface area contributed by atoms with Crippen LogP contribution in [0.1, 0.15) is 0 Å². The van der Waals surface area contributed by atoms with E-state index in [4.69, 9.17) is 40.5 Å². The standard InChI is InChI=1S/C4H4Cl3NS2/c5-2(3(6)7)1-10-4(8)9/h1H2,(H2,8,9). The first-order valence-electron chi connectivity index (χ1n) is 2.16. The second-order valence-electron chi connectivity index (χ2n) is 1.27. The Bertz CT molecular complexity index is 164. The lowest BCUT2D eigenvalue weighted by Crippen LogP contribution is -2.02. The lowest BCUT2D eigenvalue weighted by Gasteiger charge is -1.95. The maximum absolute atomic E-state index is 5.54. The Balaban J connectivity index is 3.71. The van der Waals surface area contributed by atoms with E-state index < -0.39 is 0 Å². The topological polar surface area (TPSA) is 26.0 Å². The van der Waals surface area contributed by atoms with E-state index in [0.29, 0.717) is 15.1 Å². The van der Waals surface area contributed by atoms with Gasteiger partial charge in [0.15, 0.2) is 0 Å². The fourth-order valence-electron chi connectivity index (χ4n) is 0.189. The van der Waals surface area contributed by atoms with Crippen molar-refractivity contribution in [1.29, 1.82) is 0 Å². The molecule has 0 radical (unpaired) electrons. The third-order valence-corrected chi connectivity index (χ3v) is 2.75. The van der Waals surface area contributed by atoms with Crippen LogP contribution in [-0.4, -0.2) is 10.1 Å². The van der Waals surface area contributed by atoms with Gasteiger partial charge >= 0.3 is 0 Å². The number of thiocarbonyl (C=S) groups is 1. The van der Waals surface area contributed by atoms with Gasteiger partial charge in [-0.25, -0.2) is 0 Å². The molecular weight excluding hydrogens is 233 g/mol. The smallest absolute Gasteiger partial charge is 0.131 e. The van der Waals surface area contributed by atoms with E-state index in [0.717, 1.165) is 0 Å². The predicted octanol–water partition coefficient (Wildman–Crippen LogP) is 2.85. The molecule has 6 heteroatoms. The third kappa shape index (κ3) is 5.62. The quantitative estimate of drug-likeness (QED) is 0.747. The third-order valence-electron chi connectivity index (χ3n) is 0.546. The van der Waals surface area contributed by atoms with Crippen LogP contribution in [0.5, 0.6) is 0 Å². The number of nitrogens with two attached hydrogens (primary N) is 1. The van der Waals surface area contributed by atoms with Gasteiger partial charge in [0.05, 0.1) is 5.03 Å². The van der Waals surface area contributed by atoms with Crippen molar-refractivity contribution < 1.29 is 0 Å². The summed E-state index contributed by atoms with van der Waals surface area (Å²) in [6, 6.07) is 0. The Morgan fingerprint density at radius 2 is 1.90 bits per heavy atom. The molecule has 0 saturated carbocycles. The van der Waals surface area contributed by atoms with Crippen LogP contribution in [0.4, 0.5) is 0 Å². The highest BCUT2D eigenvalue weighted by molar-refractivity contribution is 8.23. The molecule has 0 saturated heterocycles. The molecule has 0 bridgehead atoms. The normalized spacial score (nSPS) is 9.10. The highest BCUT2D eigenvalue weighted by Gasteiger charge is 1.99. The van der Waals surface area contributed by atoms with E-state index >= 15 is 0 Å². The summed E-state index contributed by atoms with van der Waals surface area (Å²) >= 11 is 22.0. The molecule has 2 N–H and O–H groups in total. The van der Waals surface area contributed by atoms with Gasteiger partial charge in [-0.3, -0.25) is 0 Å². The molecular formula is C4H4Cl3NS2. The van der Waals surface area contributed by atoms with Gasteiger partial charge in [0.2, 0.25) is 0 Å². The summed E-state index contributed by atoms with van der Waals surface area (Å²) in [5.74, 6) is 0.430. The van der Waals surface area contributed by atoms with Crippen LogP contribution in [0.25, 0.3) is 0 Å². The van der Waals surface area contributed by atoms with Gasteiger partial charge in [-0.15, -0.1) is 0 Å². The van der Waals surface area contributed by atoms with Crippen molar-refractivity contribution in [3.8, 4) is 0 Å². The van der Waals surface area contributed by atoms with E-state index in [1.165, 1.54) is 11.8 Å². The molecule has 0 aliphatic heterocycles. The molecule has 0 aromatic carbocycles.